The van der Waals surface area contributed by atoms with Crippen LogP contribution in [0.1, 0.15) is 5.69 Å². The van der Waals surface area contributed by atoms with Crippen molar-refractivity contribution in [3.8, 4) is 5.75 Å². The summed E-state index contributed by atoms with van der Waals surface area (Å²) < 4.78 is 16.1. The summed E-state index contributed by atoms with van der Waals surface area (Å²) in [6.45, 7) is 4.65. The highest BCUT2D eigenvalue weighted by Crippen LogP contribution is 2.23. The summed E-state index contributed by atoms with van der Waals surface area (Å²) >= 11 is 0. The molecule has 1 unspecified atom stereocenters. The summed E-state index contributed by atoms with van der Waals surface area (Å²) in [5.41, 5.74) is 1.89. The van der Waals surface area contributed by atoms with Crippen molar-refractivity contribution in [2.75, 3.05) is 38.8 Å². The maximum atomic E-state index is 5.56. The van der Waals surface area contributed by atoms with E-state index in [1.54, 1.807) is 13.3 Å². The number of nitrogens with zero attached hydrogens (tertiary/aromatic N) is 1. The van der Waals surface area contributed by atoms with Crippen molar-refractivity contribution in [1.82, 2.24) is 4.98 Å². The van der Waals surface area contributed by atoms with Gasteiger partial charge in [-0.25, -0.2) is 0 Å². The van der Waals surface area contributed by atoms with Crippen molar-refractivity contribution in [2.24, 2.45) is 0 Å². The lowest BCUT2D eigenvalue weighted by molar-refractivity contribution is -0.0818. The maximum absolute atomic E-state index is 5.56. The molecule has 0 amide bonds. The molecular formula is C12H18N2O3. The van der Waals surface area contributed by atoms with Crippen LogP contribution < -0.4 is 10.1 Å². The SMILES string of the molecule is COc1cnc(C)cc1NCC1COCCO1. The maximum Gasteiger partial charge on any atom is 0.160 e. The molecule has 0 bridgehead atoms. The van der Waals surface area contributed by atoms with E-state index in [0.29, 0.717) is 26.4 Å². The van der Waals surface area contributed by atoms with Crippen molar-refractivity contribution in [1.29, 1.82) is 0 Å². The number of hydrogen-bond donors (Lipinski definition) is 1. The van der Waals surface area contributed by atoms with E-state index in [2.05, 4.69) is 10.3 Å². The number of methoxy groups -OCH3 is 1. The molecule has 5 heteroatoms. The van der Waals surface area contributed by atoms with Gasteiger partial charge in [0.1, 0.15) is 0 Å². The van der Waals surface area contributed by atoms with Gasteiger partial charge in [-0.15, -0.1) is 0 Å². The van der Waals surface area contributed by atoms with Crippen LogP contribution >= 0.6 is 0 Å². The highest BCUT2D eigenvalue weighted by molar-refractivity contribution is 5.55. The van der Waals surface area contributed by atoms with Crippen LogP contribution in [0.5, 0.6) is 5.75 Å². The Kier molecular flexibility index (Phi) is 4.17. The van der Waals surface area contributed by atoms with Crippen LogP contribution in [0.3, 0.4) is 0 Å². The molecule has 17 heavy (non-hydrogen) atoms. The zero-order valence-corrected chi connectivity index (χ0v) is 10.2. The van der Waals surface area contributed by atoms with Crippen molar-refractivity contribution in [3.63, 3.8) is 0 Å². The number of anilines is 1. The number of rotatable bonds is 4. The zero-order valence-electron chi connectivity index (χ0n) is 10.2. The average Bonchev–Trinajstić information content (AvgIpc) is 2.38. The van der Waals surface area contributed by atoms with Crippen molar-refractivity contribution >= 4 is 5.69 Å². The minimum atomic E-state index is 0.0990. The number of aromatic nitrogens is 1. The first-order valence-electron chi connectivity index (χ1n) is 5.73. The number of hydrogen-bond acceptors (Lipinski definition) is 5. The smallest absolute Gasteiger partial charge is 0.160 e. The Balaban J connectivity index is 1.95. The third kappa shape index (κ3) is 3.31. The van der Waals surface area contributed by atoms with Crippen LogP contribution in [0.2, 0.25) is 0 Å². The molecule has 2 heterocycles. The molecule has 0 aromatic carbocycles. The third-order valence-electron chi connectivity index (χ3n) is 2.63. The van der Waals surface area contributed by atoms with Gasteiger partial charge in [-0.05, 0) is 13.0 Å². The summed E-state index contributed by atoms with van der Waals surface area (Å²) in [5, 5.41) is 3.30. The second kappa shape index (κ2) is 5.84. The monoisotopic (exact) mass is 238 g/mol. The van der Waals surface area contributed by atoms with Crippen LogP contribution in [0.25, 0.3) is 0 Å². The van der Waals surface area contributed by atoms with Crippen LogP contribution in [0, 0.1) is 6.92 Å². The largest absolute Gasteiger partial charge is 0.493 e. The van der Waals surface area contributed by atoms with Crippen molar-refractivity contribution in [3.05, 3.63) is 18.0 Å². The van der Waals surface area contributed by atoms with Gasteiger partial charge in [0.05, 0.1) is 44.9 Å². The fourth-order valence-corrected chi connectivity index (χ4v) is 1.73. The van der Waals surface area contributed by atoms with Crippen LogP contribution in [-0.4, -0.2) is 44.6 Å². The van der Waals surface area contributed by atoms with Gasteiger partial charge < -0.3 is 19.5 Å². The lowest BCUT2D eigenvalue weighted by atomic mass is 10.3. The van der Waals surface area contributed by atoms with Gasteiger partial charge in [0.15, 0.2) is 5.75 Å². The molecule has 1 fully saturated rings. The summed E-state index contributed by atoms with van der Waals surface area (Å²) in [5.74, 6) is 0.743. The molecule has 0 aliphatic carbocycles. The molecule has 1 aromatic rings. The normalized spacial score (nSPS) is 20.0. The molecule has 1 aliphatic rings. The molecule has 5 nitrogen and oxygen atoms in total. The predicted molar refractivity (Wildman–Crippen MR) is 64.6 cm³/mol. The molecule has 0 saturated carbocycles. The first-order chi connectivity index (χ1) is 8.29. The average molecular weight is 238 g/mol. The highest BCUT2D eigenvalue weighted by Gasteiger charge is 2.14. The van der Waals surface area contributed by atoms with E-state index in [0.717, 1.165) is 17.1 Å². The first kappa shape index (κ1) is 12.1. The van der Waals surface area contributed by atoms with Gasteiger partial charge in [-0.1, -0.05) is 0 Å². The van der Waals surface area contributed by atoms with Crippen molar-refractivity contribution < 1.29 is 14.2 Å². The van der Waals surface area contributed by atoms with E-state index in [-0.39, 0.29) is 6.10 Å². The number of ether oxygens (including phenoxy) is 3. The van der Waals surface area contributed by atoms with E-state index in [4.69, 9.17) is 14.2 Å². The minimum Gasteiger partial charge on any atom is -0.493 e. The quantitative estimate of drug-likeness (QED) is 0.855. The van der Waals surface area contributed by atoms with E-state index >= 15 is 0 Å². The Morgan fingerprint density at radius 3 is 3.12 bits per heavy atom. The van der Waals surface area contributed by atoms with Gasteiger partial charge in [0, 0.05) is 12.2 Å². The van der Waals surface area contributed by atoms with Gasteiger partial charge in [-0.2, -0.15) is 0 Å². The van der Waals surface area contributed by atoms with Gasteiger partial charge in [-0.3, -0.25) is 4.98 Å². The summed E-state index contributed by atoms with van der Waals surface area (Å²) in [7, 11) is 1.64. The van der Waals surface area contributed by atoms with Gasteiger partial charge in [0.25, 0.3) is 0 Å². The highest BCUT2D eigenvalue weighted by atomic mass is 16.6. The third-order valence-corrected chi connectivity index (χ3v) is 2.63. The fourth-order valence-electron chi connectivity index (χ4n) is 1.73. The molecule has 0 radical (unpaired) electrons. The summed E-state index contributed by atoms with van der Waals surface area (Å²) in [4.78, 5) is 4.18. The van der Waals surface area contributed by atoms with E-state index in [9.17, 15) is 0 Å². The molecular weight excluding hydrogens is 220 g/mol. The number of nitrogens with one attached hydrogen (secondary N) is 1. The number of aryl methyl sites for hydroxylation is 1. The van der Waals surface area contributed by atoms with Crippen LogP contribution in [0.4, 0.5) is 5.69 Å². The number of pyridine rings is 1. The van der Waals surface area contributed by atoms with E-state index < -0.39 is 0 Å². The predicted octanol–water partition coefficient (Wildman–Crippen LogP) is 1.23. The Bertz CT molecular complexity index is 365. The Labute approximate surface area is 101 Å². The van der Waals surface area contributed by atoms with E-state index in [1.807, 2.05) is 13.0 Å². The molecule has 94 valence electrons. The fraction of sp³-hybridized carbons (Fsp3) is 0.583. The van der Waals surface area contributed by atoms with E-state index in [1.165, 1.54) is 0 Å². The van der Waals surface area contributed by atoms with Gasteiger partial charge >= 0.3 is 0 Å². The zero-order chi connectivity index (χ0) is 12.1. The van der Waals surface area contributed by atoms with Crippen LogP contribution in [0.15, 0.2) is 12.3 Å². The lowest BCUT2D eigenvalue weighted by Gasteiger charge is -2.24. The van der Waals surface area contributed by atoms with Gasteiger partial charge in [0.2, 0.25) is 0 Å². The molecule has 1 N–H and O–H groups in total. The summed E-state index contributed by atoms with van der Waals surface area (Å²) in [6, 6.07) is 1.96. The lowest BCUT2D eigenvalue weighted by Crippen LogP contribution is -2.34. The summed E-state index contributed by atoms with van der Waals surface area (Å²) in [6.07, 6.45) is 1.82. The molecule has 1 atom stereocenters. The second-order valence-electron chi connectivity index (χ2n) is 3.97. The second-order valence-corrected chi connectivity index (χ2v) is 3.97. The minimum absolute atomic E-state index is 0.0990. The molecule has 1 saturated heterocycles. The Morgan fingerprint density at radius 2 is 2.41 bits per heavy atom. The topological polar surface area (TPSA) is 52.6 Å². The Hall–Kier alpha value is -1.33. The molecule has 1 aliphatic heterocycles. The Morgan fingerprint density at radius 1 is 1.53 bits per heavy atom. The molecule has 0 spiro atoms. The standard InChI is InChI=1S/C12H18N2O3/c1-9-5-11(12(15-2)7-13-9)14-6-10-8-16-3-4-17-10/h5,7,10H,3-4,6,8H2,1-2H3,(H,13,14). The van der Waals surface area contributed by atoms with Crippen molar-refractivity contribution in [2.45, 2.75) is 13.0 Å². The van der Waals surface area contributed by atoms with Crippen LogP contribution in [-0.2, 0) is 9.47 Å². The first-order valence-corrected chi connectivity index (χ1v) is 5.73. The molecule has 1 aromatic heterocycles. The molecule has 2 rings (SSSR count).